The Morgan fingerprint density at radius 1 is 1.47 bits per heavy atom. The van der Waals surface area contributed by atoms with E-state index in [2.05, 4.69) is 27.1 Å². The van der Waals surface area contributed by atoms with Gasteiger partial charge in [0.15, 0.2) is 5.65 Å². The third-order valence-electron chi connectivity index (χ3n) is 2.05. The van der Waals surface area contributed by atoms with Crippen LogP contribution in [0.15, 0.2) is 6.20 Å². The summed E-state index contributed by atoms with van der Waals surface area (Å²) in [4.78, 5) is 8.17. The molecule has 0 aliphatic heterocycles. The molecule has 2 rings (SSSR count). The molecule has 0 aliphatic carbocycles. The summed E-state index contributed by atoms with van der Waals surface area (Å²) in [5.41, 5.74) is 6.32. The van der Waals surface area contributed by atoms with E-state index in [4.69, 9.17) is 10.5 Å². The maximum Gasteiger partial charge on any atom is 0.320 e. The molecule has 15 heavy (non-hydrogen) atoms. The number of hydrogen-bond donors (Lipinski definition) is 2. The van der Waals surface area contributed by atoms with Gasteiger partial charge in [-0.2, -0.15) is 15.1 Å². The van der Waals surface area contributed by atoms with Crippen molar-refractivity contribution in [2.45, 2.75) is 19.8 Å². The van der Waals surface area contributed by atoms with Gasteiger partial charge in [0, 0.05) is 0 Å². The van der Waals surface area contributed by atoms with Crippen LogP contribution in [-0.2, 0) is 0 Å². The average molecular weight is 207 g/mol. The molecule has 0 aliphatic rings. The van der Waals surface area contributed by atoms with E-state index in [0.717, 1.165) is 18.2 Å². The number of hydrogen-bond acceptors (Lipinski definition) is 5. The number of rotatable bonds is 4. The maximum absolute atomic E-state index is 5.71. The zero-order valence-electron chi connectivity index (χ0n) is 8.53. The molecule has 0 spiro atoms. The highest BCUT2D eigenvalue weighted by atomic mass is 16.5. The quantitative estimate of drug-likeness (QED) is 0.733. The van der Waals surface area contributed by atoms with E-state index in [1.807, 2.05) is 0 Å². The van der Waals surface area contributed by atoms with Crippen LogP contribution in [0.5, 0.6) is 6.01 Å². The molecular weight excluding hydrogens is 194 g/mol. The standard InChI is InChI=1S/C9H13N5O/c1-2-3-4-15-9-12-7(10)6-5-11-14-8(6)13-9/h5H,2-4H2,1H3,(H3,10,11,12,13,14). The second-order valence-electron chi connectivity index (χ2n) is 3.23. The molecule has 2 aromatic heterocycles. The summed E-state index contributed by atoms with van der Waals surface area (Å²) in [6, 6.07) is 0.303. The Balaban J connectivity index is 2.21. The molecule has 0 fully saturated rings. The molecule has 0 bridgehead atoms. The van der Waals surface area contributed by atoms with Crippen LogP contribution in [0.25, 0.3) is 11.0 Å². The van der Waals surface area contributed by atoms with E-state index in [0.29, 0.717) is 24.1 Å². The number of nitrogens with one attached hydrogen (secondary N) is 1. The van der Waals surface area contributed by atoms with Gasteiger partial charge in [-0.1, -0.05) is 13.3 Å². The summed E-state index contributed by atoms with van der Waals surface area (Å²) in [6.07, 6.45) is 3.65. The summed E-state index contributed by atoms with van der Waals surface area (Å²) >= 11 is 0. The maximum atomic E-state index is 5.71. The first-order valence-corrected chi connectivity index (χ1v) is 4.90. The molecule has 0 saturated heterocycles. The van der Waals surface area contributed by atoms with Gasteiger partial charge in [0.05, 0.1) is 18.2 Å². The van der Waals surface area contributed by atoms with E-state index in [-0.39, 0.29) is 0 Å². The molecule has 3 N–H and O–H groups in total. The Labute approximate surface area is 86.9 Å². The lowest BCUT2D eigenvalue weighted by atomic mass is 10.4. The number of aromatic nitrogens is 4. The summed E-state index contributed by atoms with van der Waals surface area (Å²) in [7, 11) is 0. The predicted molar refractivity (Wildman–Crippen MR) is 56.5 cm³/mol. The van der Waals surface area contributed by atoms with Crippen LogP contribution in [0.3, 0.4) is 0 Å². The van der Waals surface area contributed by atoms with Crippen LogP contribution in [-0.4, -0.2) is 26.8 Å². The largest absolute Gasteiger partial charge is 0.463 e. The van der Waals surface area contributed by atoms with Gasteiger partial charge in [-0.15, -0.1) is 0 Å². The van der Waals surface area contributed by atoms with Crippen molar-refractivity contribution in [3.63, 3.8) is 0 Å². The Morgan fingerprint density at radius 3 is 3.13 bits per heavy atom. The minimum absolute atomic E-state index is 0.303. The SMILES string of the molecule is CCCCOc1nc(N)c2cn[nH]c2n1. The third-order valence-corrected chi connectivity index (χ3v) is 2.05. The number of H-pyrrole nitrogens is 1. The van der Waals surface area contributed by atoms with E-state index in [1.165, 1.54) is 0 Å². The number of nitrogens with zero attached hydrogens (tertiary/aromatic N) is 3. The normalized spacial score (nSPS) is 10.7. The van der Waals surface area contributed by atoms with Crippen molar-refractivity contribution in [1.29, 1.82) is 0 Å². The second kappa shape index (κ2) is 4.12. The number of nitrogen functional groups attached to an aromatic ring is 1. The highest BCUT2D eigenvalue weighted by molar-refractivity contribution is 5.84. The fourth-order valence-electron chi connectivity index (χ4n) is 1.21. The van der Waals surface area contributed by atoms with Gasteiger partial charge in [-0.05, 0) is 6.42 Å². The average Bonchev–Trinajstić information content (AvgIpc) is 2.66. The van der Waals surface area contributed by atoms with Crippen molar-refractivity contribution in [3.05, 3.63) is 6.20 Å². The first-order valence-electron chi connectivity index (χ1n) is 4.90. The molecule has 0 saturated carbocycles. The van der Waals surface area contributed by atoms with Gasteiger partial charge >= 0.3 is 6.01 Å². The molecule has 0 radical (unpaired) electrons. The molecule has 0 unspecified atom stereocenters. The Morgan fingerprint density at radius 2 is 2.33 bits per heavy atom. The fraction of sp³-hybridized carbons (Fsp3) is 0.444. The molecule has 2 aromatic rings. The lowest BCUT2D eigenvalue weighted by Gasteiger charge is -2.03. The Bertz CT molecular complexity index is 453. The summed E-state index contributed by atoms with van der Waals surface area (Å²) in [6.45, 7) is 2.70. The number of anilines is 1. The zero-order valence-corrected chi connectivity index (χ0v) is 8.53. The summed E-state index contributed by atoms with van der Waals surface area (Å²) in [5.74, 6) is 0.389. The first-order chi connectivity index (χ1) is 7.31. The van der Waals surface area contributed by atoms with E-state index >= 15 is 0 Å². The minimum Gasteiger partial charge on any atom is -0.463 e. The van der Waals surface area contributed by atoms with Crippen LogP contribution in [0.2, 0.25) is 0 Å². The number of unbranched alkanes of at least 4 members (excludes halogenated alkanes) is 1. The molecule has 80 valence electrons. The lowest BCUT2D eigenvalue weighted by Crippen LogP contribution is -2.03. The van der Waals surface area contributed by atoms with Crippen LogP contribution < -0.4 is 10.5 Å². The molecule has 0 amide bonds. The van der Waals surface area contributed by atoms with Crippen molar-refractivity contribution < 1.29 is 4.74 Å². The van der Waals surface area contributed by atoms with Gasteiger partial charge < -0.3 is 10.5 Å². The predicted octanol–water partition coefficient (Wildman–Crippen LogP) is 1.11. The van der Waals surface area contributed by atoms with E-state index in [1.54, 1.807) is 6.20 Å². The molecule has 0 aromatic carbocycles. The van der Waals surface area contributed by atoms with Crippen molar-refractivity contribution in [2.75, 3.05) is 12.3 Å². The highest BCUT2D eigenvalue weighted by Gasteiger charge is 2.06. The van der Waals surface area contributed by atoms with Gasteiger partial charge in [0.2, 0.25) is 0 Å². The second-order valence-corrected chi connectivity index (χ2v) is 3.23. The van der Waals surface area contributed by atoms with Crippen LogP contribution in [0, 0.1) is 0 Å². The third kappa shape index (κ3) is 1.98. The molecule has 6 heteroatoms. The Hall–Kier alpha value is -1.85. The van der Waals surface area contributed by atoms with Crippen molar-refractivity contribution in [2.24, 2.45) is 0 Å². The fourth-order valence-corrected chi connectivity index (χ4v) is 1.21. The van der Waals surface area contributed by atoms with Crippen molar-refractivity contribution in [1.82, 2.24) is 20.2 Å². The molecule has 6 nitrogen and oxygen atoms in total. The number of fused-ring (bicyclic) bond motifs is 1. The van der Waals surface area contributed by atoms with Gasteiger partial charge in [0.25, 0.3) is 0 Å². The Kier molecular flexibility index (Phi) is 2.66. The van der Waals surface area contributed by atoms with Crippen molar-refractivity contribution in [3.8, 4) is 6.01 Å². The van der Waals surface area contributed by atoms with Gasteiger partial charge in [-0.25, -0.2) is 0 Å². The number of aromatic amines is 1. The van der Waals surface area contributed by atoms with Crippen LogP contribution in [0.1, 0.15) is 19.8 Å². The summed E-state index contributed by atoms with van der Waals surface area (Å²) in [5, 5.41) is 7.29. The van der Waals surface area contributed by atoms with Crippen LogP contribution >= 0.6 is 0 Å². The first kappa shape index (κ1) is 9.70. The minimum atomic E-state index is 0.303. The lowest BCUT2D eigenvalue weighted by molar-refractivity contribution is 0.287. The van der Waals surface area contributed by atoms with Crippen molar-refractivity contribution >= 4 is 16.9 Å². The number of nitrogens with two attached hydrogens (primary N) is 1. The molecule has 0 atom stereocenters. The van der Waals surface area contributed by atoms with Gasteiger partial charge in [-0.3, -0.25) is 5.10 Å². The molecular formula is C9H13N5O. The topological polar surface area (TPSA) is 89.7 Å². The summed E-state index contributed by atoms with van der Waals surface area (Å²) < 4.78 is 5.35. The number of ether oxygens (including phenoxy) is 1. The van der Waals surface area contributed by atoms with E-state index < -0.39 is 0 Å². The molecule has 2 heterocycles. The zero-order chi connectivity index (χ0) is 10.7. The highest BCUT2D eigenvalue weighted by Crippen LogP contribution is 2.17. The van der Waals surface area contributed by atoms with E-state index in [9.17, 15) is 0 Å². The monoisotopic (exact) mass is 207 g/mol. The van der Waals surface area contributed by atoms with Crippen LogP contribution in [0.4, 0.5) is 5.82 Å². The smallest absolute Gasteiger partial charge is 0.320 e. The van der Waals surface area contributed by atoms with Gasteiger partial charge in [0.1, 0.15) is 5.82 Å².